The number of carbonyl (C=O) groups is 1. The van der Waals surface area contributed by atoms with Crippen LogP contribution in [0.25, 0.3) is 10.2 Å². The number of nitrogens with zero attached hydrogens (tertiary/aromatic N) is 2. The number of fused-ring (bicyclic) bond motifs is 2. The van der Waals surface area contributed by atoms with Crippen LogP contribution in [-0.4, -0.2) is 28.3 Å². The molecule has 1 amide bonds. The molecule has 0 spiro atoms. The lowest BCUT2D eigenvalue weighted by Crippen LogP contribution is -2.26. The molecule has 3 N–H and O–H groups in total. The first-order chi connectivity index (χ1) is 13.0. The molecule has 27 heavy (non-hydrogen) atoms. The van der Waals surface area contributed by atoms with Crippen LogP contribution < -0.4 is 10.7 Å². The Morgan fingerprint density at radius 2 is 2.19 bits per heavy atom. The van der Waals surface area contributed by atoms with Crippen molar-refractivity contribution in [2.75, 3.05) is 11.9 Å². The lowest BCUT2D eigenvalue weighted by atomic mass is 10.0. The van der Waals surface area contributed by atoms with Crippen LogP contribution in [0.15, 0.2) is 41.5 Å². The number of aromatic hydroxyl groups is 1. The number of nitrogens with one attached hydrogen (secondary N) is 2. The van der Waals surface area contributed by atoms with Gasteiger partial charge in [-0.25, -0.2) is 14.8 Å². The van der Waals surface area contributed by atoms with Crippen LogP contribution in [0.2, 0.25) is 0 Å². The molecule has 0 aliphatic heterocycles. The molecule has 1 atom stereocenters. The molecule has 0 fully saturated rings. The van der Waals surface area contributed by atoms with E-state index in [9.17, 15) is 14.3 Å². The highest BCUT2D eigenvalue weighted by molar-refractivity contribution is 7.22. The molecule has 1 aromatic heterocycles. The topological polar surface area (TPSA) is 86.6 Å². The van der Waals surface area contributed by atoms with Gasteiger partial charge < -0.3 is 10.4 Å². The van der Waals surface area contributed by atoms with Crippen LogP contribution >= 0.6 is 11.3 Å². The Bertz CT molecular complexity index is 1030. The van der Waals surface area contributed by atoms with Crippen molar-refractivity contribution in [3.63, 3.8) is 0 Å². The third kappa shape index (κ3) is 3.35. The summed E-state index contributed by atoms with van der Waals surface area (Å²) in [4.78, 5) is 16.5. The molecule has 2 aromatic carbocycles. The first-order valence-electron chi connectivity index (χ1n) is 8.49. The van der Waals surface area contributed by atoms with E-state index in [0.29, 0.717) is 28.4 Å². The Morgan fingerprint density at radius 3 is 3.00 bits per heavy atom. The van der Waals surface area contributed by atoms with Gasteiger partial charge in [-0.15, -0.1) is 0 Å². The summed E-state index contributed by atoms with van der Waals surface area (Å²) in [5.41, 5.74) is 4.63. The second-order valence-corrected chi connectivity index (χ2v) is 7.42. The predicted molar refractivity (Wildman–Crippen MR) is 104 cm³/mol. The predicted octanol–water partition coefficient (Wildman–Crippen LogP) is 3.58. The third-order valence-electron chi connectivity index (χ3n) is 4.46. The first-order valence-corrected chi connectivity index (χ1v) is 9.31. The maximum atomic E-state index is 14.0. The molecule has 1 heterocycles. The monoisotopic (exact) mass is 384 g/mol. The number of para-hydroxylation sites is 1. The van der Waals surface area contributed by atoms with Crippen molar-refractivity contribution in [1.29, 1.82) is 0 Å². The average Bonchev–Trinajstić information content (AvgIpc) is 3.22. The average molecular weight is 384 g/mol. The molecule has 0 saturated heterocycles. The van der Waals surface area contributed by atoms with Gasteiger partial charge in [0.15, 0.2) is 5.13 Å². The quantitative estimate of drug-likeness (QED) is 0.600. The Balaban J connectivity index is 1.43. The van der Waals surface area contributed by atoms with Crippen molar-refractivity contribution in [3.05, 3.63) is 53.3 Å². The maximum absolute atomic E-state index is 14.0. The number of hydrogen-bond acceptors (Lipinski definition) is 6. The lowest BCUT2D eigenvalue weighted by molar-refractivity contribution is -0.119. The van der Waals surface area contributed by atoms with Gasteiger partial charge in [0, 0.05) is 11.1 Å². The molecule has 1 aliphatic carbocycles. The summed E-state index contributed by atoms with van der Waals surface area (Å²) >= 11 is 1.46. The molecule has 0 radical (unpaired) electrons. The standard InChI is InChI=1S/C19H17FN4O2S/c1-10-8-13(18-14(25)7-6-11(20)17(10)18)23-24-16(26)9-21-19-22-12-4-2-3-5-15(12)27-19/h2-7,10,25H,8-9H2,1H3,(H,21,22)(H,24,26)/b23-13+/t10-/m1/s1. The lowest BCUT2D eigenvalue weighted by Gasteiger charge is -2.06. The van der Waals surface area contributed by atoms with Gasteiger partial charge in [0.25, 0.3) is 5.91 Å². The first kappa shape index (κ1) is 17.4. The number of phenolic OH excluding ortho intramolecular Hbond substituents is 1. The van der Waals surface area contributed by atoms with Gasteiger partial charge in [-0.3, -0.25) is 4.79 Å². The molecule has 1 aliphatic rings. The summed E-state index contributed by atoms with van der Waals surface area (Å²) < 4.78 is 15.1. The van der Waals surface area contributed by atoms with E-state index in [1.807, 2.05) is 31.2 Å². The molecule has 0 saturated carbocycles. The van der Waals surface area contributed by atoms with Gasteiger partial charge in [-0.1, -0.05) is 30.4 Å². The fourth-order valence-corrected chi connectivity index (χ4v) is 4.10. The summed E-state index contributed by atoms with van der Waals surface area (Å²) in [6.45, 7) is 1.87. The summed E-state index contributed by atoms with van der Waals surface area (Å²) in [6, 6.07) is 10.3. The minimum Gasteiger partial charge on any atom is -0.507 e. The summed E-state index contributed by atoms with van der Waals surface area (Å²) in [7, 11) is 0. The summed E-state index contributed by atoms with van der Waals surface area (Å²) in [6.07, 6.45) is 0.454. The molecule has 0 bridgehead atoms. The van der Waals surface area contributed by atoms with Gasteiger partial charge >= 0.3 is 0 Å². The molecular formula is C19H17FN4O2S. The largest absolute Gasteiger partial charge is 0.507 e. The van der Waals surface area contributed by atoms with E-state index in [1.165, 1.54) is 23.5 Å². The van der Waals surface area contributed by atoms with Crippen molar-refractivity contribution in [2.45, 2.75) is 19.3 Å². The fraction of sp³-hybridized carbons (Fsp3) is 0.211. The number of hydrogen-bond donors (Lipinski definition) is 3. The molecule has 3 aromatic rings. The SMILES string of the molecule is C[C@@H]1C/C(=N\NC(=O)CNc2nc3ccccc3s2)c2c(O)ccc(F)c21. The van der Waals surface area contributed by atoms with Gasteiger partial charge in [0.05, 0.1) is 22.5 Å². The van der Waals surface area contributed by atoms with Crippen molar-refractivity contribution >= 4 is 38.3 Å². The van der Waals surface area contributed by atoms with Crippen LogP contribution in [-0.2, 0) is 4.79 Å². The van der Waals surface area contributed by atoms with E-state index in [-0.39, 0.29) is 29.9 Å². The minimum atomic E-state index is -0.371. The third-order valence-corrected chi connectivity index (χ3v) is 5.45. The number of amides is 1. The van der Waals surface area contributed by atoms with Gasteiger partial charge in [0.2, 0.25) is 0 Å². The normalized spacial score (nSPS) is 17.3. The summed E-state index contributed by atoms with van der Waals surface area (Å²) in [5, 5.41) is 17.8. The van der Waals surface area contributed by atoms with Gasteiger partial charge in [-0.05, 0) is 36.6 Å². The number of halogens is 1. The molecule has 6 nitrogen and oxygen atoms in total. The molecule has 8 heteroatoms. The second-order valence-electron chi connectivity index (χ2n) is 6.39. The highest BCUT2D eigenvalue weighted by atomic mass is 32.1. The number of phenols is 1. The van der Waals surface area contributed by atoms with Gasteiger partial charge in [-0.2, -0.15) is 5.10 Å². The number of rotatable bonds is 4. The van der Waals surface area contributed by atoms with Crippen LogP contribution in [0.4, 0.5) is 9.52 Å². The highest BCUT2D eigenvalue weighted by Gasteiger charge is 2.30. The van der Waals surface area contributed by atoms with Crippen molar-refractivity contribution in [1.82, 2.24) is 10.4 Å². The van der Waals surface area contributed by atoms with E-state index in [0.717, 1.165) is 10.2 Å². The zero-order valence-corrected chi connectivity index (χ0v) is 15.3. The number of carbonyl (C=O) groups excluding carboxylic acids is 1. The van der Waals surface area contributed by atoms with E-state index >= 15 is 0 Å². The number of hydrazone groups is 1. The van der Waals surface area contributed by atoms with Crippen molar-refractivity contribution < 1.29 is 14.3 Å². The Kier molecular flexibility index (Phi) is 4.49. The van der Waals surface area contributed by atoms with Crippen molar-refractivity contribution in [2.24, 2.45) is 5.10 Å². The maximum Gasteiger partial charge on any atom is 0.259 e. The Labute approximate surface area is 158 Å². The molecule has 4 rings (SSSR count). The van der Waals surface area contributed by atoms with E-state index in [4.69, 9.17) is 0 Å². The van der Waals surface area contributed by atoms with Crippen LogP contribution in [0, 0.1) is 5.82 Å². The van der Waals surface area contributed by atoms with Crippen LogP contribution in [0.5, 0.6) is 5.75 Å². The van der Waals surface area contributed by atoms with Crippen LogP contribution in [0.3, 0.4) is 0 Å². The van der Waals surface area contributed by atoms with E-state index in [2.05, 4.69) is 20.8 Å². The minimum absolute atomic E-state index is 0.00808. The van der Waals surface area contributed by atoms with E-state index < -0.39 is 0 Å². The number of thiazole rings is 1. The Morgan fingerprint density at radius 1 is 1.37 bits per heavy atom. The molecular weight excluding hydrogens is 367 g/mol. The van der Waals surface area contributed by atoms with Gasteiger partial charge in [0.1, 0.15) is 11.6 Å². The van der Waals surface area contributed by atoms with E-state index in [1.54, 1.807) is 0 Å². The fourth-order valence-electron chi connectivity index (χ4n) is 3.24. The number of anilines is 1. The number of aromatic nitrogens is 1. The molecule has 138 valence electrons. The Hall–Kier alpha value is -3.00. The van der Waals surface area contributed by atoms with Crippen LogP contribution in [0.1, 0.15) is 30.4 Å². The smallest absolute Gasteiger partial charge is 0.259 e. The zero-order chi connectivity index (χ0) is 19.0. The highest BCUT2D eigenvalue weighted by Crippen LogP contribution is 2.39. The summed E-state index contributed by atoms with van der Waals surface area (Å²) in [5.74, 6) is -0.858. The molecule has 0 unspecified atom stereocenters. The zero-order valence-electron chi connectivity index (χ0n) is 14.5. The second kappa shape index (κ2) is 6.96. The number of benzene rings is 2. The van der Waals surface area contributed by atoms with Crippen molar-refractivity contribution in [3.8, 4) is 5.75 Å².